The van der Waals surface area contributed by atoms with E-state index in [1.807, 2.05) is 6.92 Å². The van der Waals surface area contributed by atoms with Crippen LogP contribution < -0.4 is 0 Å². The van der Waals surface area contributed by atoms with Crippen molar-refractivity contribution in [3.63, 3.8) is 0 Å². The van der Waals surface area contributed by atoms with Gasteiger partial charge in [-0.05, 0) is 19.8 Å². The molecule has 0 aromatic rings. The first-order chi connectivity index (χ1) is 8.63. The second-order valence-electron chi connectivity index (χ2n) is 5.90. The van der Waals surface area contributed by atoms with E-state index in [0.29, 0.717) is 0 Å². The number of rotatable bonds is 3. The molecule has 1 aliphatic heterocycles. The molecule has 0 aromatic heterocycles. The molecule has 1 aliphatic carbocycles. The molecule has 1 heterocycles. The van der Waals surface area contributed by atoms with E-state index in [9.17, 15) is 5.11 Å². The molecule has 1 N–H and O–H groups in total. The maximum atomic E-state index is 10.5. The van der Waals surface area contributed by atoms with Gasteiger partial charge in [0, 0.05) is 32.7 Å². The van der Waals surface area contributed by atoms with Gasteiger partial charge in [-0.3, -0.25) is 9.80 Å². The number of nitrogens with zero attached hydrogens (tertiary/aromatic N) is 3. The van der Waals surface area contributed by atoms with E-state index in [1.54, 1.807) is 0 Å². The minimum Gasteiger partial charge on any atom is -0.389 e. The Hall–Kier alpha value is -0.630. The monoisotopic (exact) mass is 251 g/mol. The molecule has 4 nitrogen and oxygen atoms in total. The van der Waals surface area contributed by atoms with Crippen LogP contribution in [0.25, 0.3) is 0 Å². The van der Waals surface area contributed by atoms with Crippen molar-refractivity contribution in [2.45, 2.75) is 50.7 Å². The van der Waals surface area contributed by atoms with E-state index in [-0.39, 0.29) is 6.04 Å². The van der Waals surface area contributed by atoms with E-state index >= 15 is 0 Å². The van der Waals surface area contributed by atoms with E-state index in [4.69, 9.17) is 5.26 Å². The molecule has 102 valence electrons. The standard InChI is InChI=1S/C14H25N3O/c1-13(11-15)17-9-7-16(8-10-17)12-14(18)5-3-2-4-6-14/h13,18H,2-10,12H2,1H3. The number of β-amino-alcohol motifs (C(OH)–C–C–N with tert-alkyl or cyclic N) is 1. The number of hydrogen-bond donors (Lipinski definition) is 1. The lowest BCUT2D eigenvalue weighted by Gasteiger charge is -2.41. The van der Waals surface area contributed by atoms with Gasteiger partial charge in [-0.15, -0.1) is 0 Å². The smallest absolute Gasteiger partial charge is 0.0950 e. The molecule has 1 unspecified atom stereocenters. The lowest BCUT2D eigenvalue weighted by atomic mass is 9.84. The van der Waals surface area contributed by atoms with Gasteiger partial charge >= 0.3 is 0 Å². The molecule has 0 amide bonds. The molecule has 0 aromatic carbocycles. The van der Waals surface area contributed by atoms with Crippen molar-refractivity contribution < 1.29 is 5.11 Å². The van der Waals surface area contributed by atoms with Crippen LogP contribution in [0.3, 0.4) is 0 Å². The van der Waals surface area contributed by atoms with Gasteiger partial charge in [0.2, 0.25) is 0 Å². The normalized spacial score (nSPS) is 27.6. The molecule has 0 spiro atoms. The van der Waals surface area contributed by atoms with Gasteiger partial charge in [0.05, 0.1) is 17.7 Å². The zero-order valence-electron chi connectivity index (χ0n) is 11.4. The Bertz CT molecular complexity index is 299. The molecular formula is C14H25N3O. The number of aliphatic hydroxyl groups is 1. The predicted octanol–water partition coefficient (Wildman–Crippen LogP) is 1.21. The molecule has 0 bridgehead atoms. The van der Waals surface area contributed by atoms with Gasteiger partial charge in [0.1, 0.15) is 0 Å². The van der Waals surface area contributed by atoms with Crippen molar-refractivity contribution in [1.29, 1.82) is 5.26 Å². The van der Waals surface area contributed by atoms with E-state index in [0.717, 1.165) is 45.6 Å². The van der Waals surface area contributed by atoms with Gasteiger partial charge < -0.3 is 5.11 Å². The number of nitriles is 1. The van der Waals surface area contributed by atoms with Gasteiger partial charge in [0.15, 0.2) is 0 Å². The fourth-order valence-electron chi connectivity index (χ4n) is 3.17. The molecule has 0 radical (unpaired) electrons. The van der Waals surface area contributed by atoms with E-state index < -0.39 is 5.60 Å². The van der Waals surface area contributed by atoms with Crippen molar-refractivity contribution in [3.8, 4) is 6.07 Å². The largest absolute Gasteiger partial charge is 0.389 e. The highest BCUT2D eigenvalue weighted by atomic mass is 16.3. The molecule has 1 atom stereocenters. The van der Waals surface area contributed by atoms with E-state index in [1.165, 1.54) is 19.3 Å². The first kappa shape index (κ1) is 13.8. The Morgan fingerprint density at radius 3 is 2.33 bits per heavy atom. The highest BCUT2D eigenvalue weighted by Gasteiger charge is 2.32. The third-order valence-electron chi connectivity index (χ3n) is 4.44. The van der Waals surface area contributed by atoms with Crippen molar-refractivity contribution >= 4 is 0 Å². The maximum absolute atomic E-state index is 10.5. The molecular weight excluding hydrogens is 226 g/mol. The Morgan fingerprint density at radius 1 is 1.17 bits per heavy atom. The first-order valence-corrected chi connectivity index (χ1v) is 7.21. The zero-order valence-corrected chi connectivity index (χ0v) is 11.4. The summed E-state index contributed by atoms with van der Waals surface area (Å²) in [7, 11) is 0. The third-order valence-corrected chi connectivity index (χ3v) is 4.44. The average molecular weight is 251 g/mol. The summed E-state index contributed by atoms with van der Waals surface area (Å²) in [4.78, 5) is 4.59. The fourth-order valence-corrected chi connectivity index (χ4v) is 3.17. The SMILES string of the molecule is CC(C#N)N1CCN(CC2(O)CCCCC2)CC1. The Morgan fingerprint density at radius 2 is 1.78 bits per heavy atom. The lowest BCUT2D eigenvalue weighted by molar-refractivity contribution is -0.0364. The van der Waals surface area contributed by atoms with Crippen LogP contribution in [0.15, 0.2) is 0 Å². The van der Waals surface area contributed by atoms with Crippen molar-refractivity contribution in [1.82, 2.24) is 9.80 Å². The molecule has 4 heteroatoms. The van der Waals surface area contributed by atoms with Crippen molar-refractivity contribution in [3.05, 3.63) is 0 Å². The molecule has 18 heavy (non-hydrogen) atoms. The summed E-state index contributed by atoms with van der Waals surface area (Å²) in [6.45, 7) is 6.64. The van der Waals surface area contributed by atoms with Crippen LogP contribution in [0, 0.1) is 11.3 Å². The summed E-state index contributed by atoms with van der Waals surface area (Å²) in [5.41, 5.74) is -0.443. The second-order valence-corrected chi connectivity index (χ2v) is 5.90. The summed E-state index contributed by atoms with van der Waals surface area (Å²) in [5, 5.41) is 19.4. The third kappa shape index (κ3) is 3.44. The van der Waals surface area contributed by atoms with Gasteiger partial charge in [-0.1, -0.05) is 19.3 Å². The van der Waals surface area contributed by atoms with Crippen molar-refractivity contribution in [2.75, 3.05) is 32.7 Å². The number of hydrogen-bond acceptors (Lipinski definition) is 4. The minimum absolute atomic E-state index is 0.0184. The summed E-state index contributed by atoms with van der Waals surface area (Å²) in [6.07, 6.45) is 5.53. The maximum Gasteiger partial charge on any atom is 0.0950 e. The van der Waals surface area contributed by atoms with Crippen molar-refractivity contribution in [2.24, 2.45) is 0 Å². The van der Waals surface area contributed by atoms with Crippen LogP contribution in [-0.2, 0) is 0 Å². The average Bonchev–Trinajstić information content (AvgIpc) is 2.39. The lowest BCUT2D eigenvalue weighted by Crippen LogP contribution is -2.53. The first-order valence-electron chi connectivity index (χ1n) is 7.21. The van der Waals surface area contributed by atoms with Crippen LogP contribution in [-0.4, -0.2) is 59.3 Å². The van der Waals surface area contributed by atoms with Crippen LogP contribution >= 0.6 is 0 Å². The molecule has 1 saturated heterocycles. The quantitative estimate of drug-likeness (QED) is 0.819. The predicted molar refractivity (Wildman–Crippen MR) is 71.1 cm³/mol. The topological polar surface area (TPSA) is 50.5 Å². The summed E-state index contributed by atoms with van der Waals surface area (Å²) in [5.74, 6) is 0. The van der Waals surface area contributed by atoms with E-state index in [2.05, 4.69) is 15.9 Å². The summed E-state index contributed by atoms with van der Waals surface area (Å²) in [6, 6.07) is 2.31. The molecule has 2 rings (SSSR count). The van der Waals surface area contributed by atoms with Crippen LogP contribution in [0.4, 0.5) is 0 Å². The highest BCUT2D eigenvalue weighted by Crippen LogP contribution is 2.29. The zero-order chi connectivity index (χ0) is 13.0. The Kier molecular flexibility index (Phi) is 4.60. The highest BCUT2D eigenvalue weighted by molar-refractivity contribution is 4.92. The Labute approximate surface area is 110 Å². The Balaban J connectivity index is 1.78. The van der Waals surface area contributed by atoms with Crippen LogP contribution in [0.1, 0.15) is 39.0 Å². The van der Waals surface area contributed by atoms with Gasteiger partial charge in [-0.2, -0.15) is 5.26 Å². The summed E-state index contributed by atoms with van der Waals surface area (Å²) >= 11 is 0. The second kappa shape index (κ2) is 6.01. The van der Waals surface area contributed by atoms with Gasteiger partial charge in [-0.25, -0.2) is 0 Å². The molecule has 2 aliphatic rings. The van der Waals surface area contributed by atoms with Crippen LogP contribution in [0.5, 0.6) is 0 Å². The number of piperazine rings is 1. The van der Waals surface area contributed by atoms with Gasteiger partial charge in [0.25, 0.3) is 0 Å². The molecule has 1 saturated carbocycles. The fraction of sp³-hybridized carbons (Fsp3) is 0.929. The molecule has 2 fully saturated rings. The van der Waals surface area contributed by atoms with Crippen LogP contribution in [0.2, 0.25) is 0 Å². The minimum atomic E-state index is -0.443. The summed E-state index contributed by atoms with van der Waals surface area (Å²) < 4.78 is 0.